The normalized spacial score (nSPS) is 15.6. The van der Waals surface area contributed by atoms with Crippen molar-refractivity contribution in [2.75, 3.05) is 0 Å². The number of H-pyrrole nitrogens is 1. The summed E-state index contributed by atoms with van der Waals surface area (Å²) in [6, 6.07) is 0.713. The van der Waals surface area contributed by atoms with Crippen LogP contribution in [0.2, 0.25) is 0 Å². The van der Waals surface area contributed by atoms with Gasteiger partial charge >= 0.3 is 12.1 Å². The van der Waals surface area contributed by atoms with Crippen molar-refractivity contribution >= 4 is 0 Å². The van der Waals surface area contributed by atoms with Crippen molar-refractivity contribution < 1.29 is 26.3 Å². The summed E-state index contributed by atoms with van der Waals surface area (Å²) in [5, 5.41) is 4.78. The molecule has 0 fully saturated rings. The second-order valence-electron chi connectivity index (χ2n) is 2.50. The maximum absolute atomic E-state index is 12.7. The Morgan fingerprint density at radius 1 is 1.21 bits per heavy atom. The summed E-state index contributed by atoms with van der Waals surface area (Å²) in [4.78, 5) is 0. The van der Waals surface area contributed by atoms with Crippen LogP contribution in [0.3, 0.4) is 0 Å². The molecule has 0 aromatic carbocycles. The van der Waals surface area contributed by atoms with Crippen LogP contribution < -0.4 is 0 Å². The number of nitrogens with one attached hydrogen (secondary N) is 1. The Labute approximate surface area is 73.9 Å². The molecule has 80 valence electrons. The van der Waals surface area contributed by atoms with Crippen LogP contribution in [0.25, 0.3) is 0 Å². The van der Waals surface area contributed by atoms with E-state index in [0.717, 1.165) is 6.20 Å². The molecule has 0 spiro atoms. The summed E-state index contributed by atoms with van der Waals surface area (Å²) in [6.45, 7) is 0. The minimum absolute atomic E-state index is 0.713. The number of hydrogen-bond acceptors (Lipinski definition) is 1. The first kappa shape index (κ1) is 10.9. The third kappa shape index (κ3) is 1.68. The Hall–Kier alpha value is -1.21. The summed E-state index contributed by atoms with van der Waals surface area (Å²) in [7, 11) is 0. The van der Waals surface area contributed by atoms with Crippen LogP contribution in [-0.2, 0) is 0 Å². The van der Waals surface area contributed by atoms with Gasteiger partial charge in [0, 0.05) is 6.20 Å². The van der Waals surface area contributed by atoms with Gasteiger partial charge in [0.25, 0.3) is 0 Å². The predicted molar refractivity (Wildman–Crippen MR) is 33.4 cm³/mol. The van der Waals surface area contributed by atoms with Crippen LogP contribution in [0.15, 0.2) is 12.3 Å². The van der Waals surface area contributed by atoms with E-state index in [2.05, 4.69) is 5.10 Å². The summed E-state index contributed by atoms with van der Waals surface area (Å²) in [5.41, 5.74) is -0.910. The molecule has 0 aliphatic carbocycles. The lowest BCUT2D eigenvalue weighted by Crippen LogP contribution is -2.40. The Kier molecular flexibility index (Phi) is 2.47. The second kappa shape index (κ2) is 3.18. The van der Waals surface area contributed by atoms with E-state index in [9.17, 15) is 26.3 Å². The van der Waals surface area contributed by atoms with E-state index >= 15 is 0 Å². The summed E-state index contributed by atoms with van der Waals surface area (Å²) < 4.78 is 72.3. The van der Waals surface area contributed by atoms with Gasteiger partial charge in [-0.25, -0.2) is 4.39 Å². The minimum atomic E-state index is -5.92. The van der Waals surface area contributed by atoms with Crippen molar-refractivity contribution in [2.24, 2.45) is 0 Å². The van der Waals surface area contributed by atoms with Crippen molar-refractivity contribution in [3.05, 3.63) is 18.0 Å². The summed E-state index contributed by atoms with van der Waals surface area (Å²) in [6.07, 6.45) is -8.50. The van der Waals surface area contributed by atoms with Crippen LogP contribution in [0, 0.1) is 0 Å². The van der Waals surface area contributed by atoms with Crippen LogP contribution in [0.5, 0.6) is 0 Å². The van der Waals surface area contributed by atoms with Crippen LogP contribution in [0.1, 0.15) is 11.9 Å². The molecule has 1 aromatic heterocycles. The number of nitrogens with zero attached hydrogens (tertiary/aromatic N) is 1. The van der Waals surface area contributed by atoms with E-state index in [1.54, 1.807) is 5.10 Å². The van der Waals surface area contributed by atoms with Gasteiger partial charge in [-0.3, -0.25) is 5.10 Å². The molecule has 1 aromatic rings. The molecule has 0 amide bonds. The number of alkyl halides is 6. The molecule has 1 rings (SSSR count). The third-order valence-corrected chi connectivity index (χ3v) is 1.49. The van der Waals surface area contributed by atoms with Gasteiger partial charge in [0.1, 0.15) is 0 Å². The molecule has 0 saturated heterocycles. The molecule has 14 heavy (non-hydrogen) atoms. The topological polar surface area (TPSA) is 28.7 Å². The van der Waals surface area contributed by atoms with Crippen LogP contribution in [-0.4, -0.2) is 22.3 Å². The van der Waals surface area contributed by atoms with Crippen molar-refractivity contribution in [3.63, 3.8) is 0 Å². The van der Waals surface area contributed by atoms with Crippen molar-refractivity contribution in [1.29, 1.82) is 0 Å². The van der Waals surface area contributed by atoms with Gasteiger partial charge in [0.15, 0.2) is 0 Å². The molecule has 1 heterocycles. The van der Waals surface area contributed by atoms with E-state index < -0.39 is 24.0 Å². The van der Waals surface area contributed by atoms with Gasteiger partial charge in [-0.15, -0.1) is 0 Å². The van der Waals surface area contributed by atoms with Gasteiger partial charge in [-0.05, 0) is 6.07 Å². The average molecular weight is 218 g/mol. The largest absolute Gasteiger partial charge is 0.456 e. The highest BCUT2D eigenvalue weighted by molar-refractivity contribution is 5.07. The van der Waals surface area contributed by atoms with Gasteiger partial charge in [0.2, 0.25) is 6.17 Å². The number of hydrogen-bond donors (Lipinski definition) is 1. The molecule has 8 heteroatoms. The zero-order valence-electron chi connectivity index (χ0n) is 6.45. The Balaban J connectivity index is 2.94. The third-order valence-electron chi connectivity index (χ3n) is 1.49. The monoisotopic (exact) mass is 218 g/mol. The first-order valence-electron chi connectivity index (χ1n) is 3.34. The van der Waals surface area contributed by atoms with E-state index in [1.807, 2.05) is 0 Å². The van der Waals surface area contributed by atoms with E-state index in [4.69, 9.17) is 0 Å². The van der Waals surface area contributed by atoms with Gasteiger partial charge < -0.3 is 0 Å². The van der Waals surface area contributed by atoms with E-state index in [0.29, 0.717) is 6.07 Å². The molecular formula is C6H4F6N2. The van der Waals surface area contributed by atoms with Crippen molar-refractivity contribution in [2.45, 2.75) is 18.3 Å². The van der Waals surface area contributed by atoms with Gasteiger partial charge in [-0.2, -0.15) is 27.1 Å². The van der Waals surface area contributed by atoms with E-state index in [1.165, 1.54) is 0 Å². The number of aromatic amines is 1. The molecule has 0 bridgehead atoms. The molecule has 0 saturated carbocycles. The minimum Gasteiger partial charge on any atom is -0.279 e. The van der Waals surface area contributed by atoms with Crippen molar-refractivity contribution in [3.8, 4) is 0 Å². The number of aromatic nitrogens is 2. The quantitative estimate of drug-likeness (QED) is 0.759. The Morgan fingerprint density at radius 3 is 2.14 bits per heavy atom. The SMILES string of the molecule is FC(c1ccn[nH]1)C(F)(F)C(F)(F)F. The molecule has 2 nitrogen and oxygen atoms in total. The molecule has 0 aliphatic heterocycles. The molecule has 1 atom stereocenters. The average Bonchev–Trinajstić information content (AvgIpc) is 2.52. The summed E-state index contributed by atoms with van der Waals surface area (Å²) in [5.74, 6) is -5.42. The van der Waals surface area contributed by atoms with Crippen LogP contribution >= 0.6 is 0 Å². The van der Waals surface area contributed by atoms with Gasteiger partial charge in [-0.1, -0.05) is 0 Å². The van der Waals surface area contributed by atoms with Crippen LogP contribution in [0.4, 0.5) is 26.3 Å². The lowest BCUT2D eigenvalue weighted by Gasteiger charge is -2.21. The number of halogens is 6. The highest BCUT2D eigenvalue weighted by atomic mass is 19.4. The zero-order valence-corrected chi connectivity index (χ0v) is 6.45. The maximum Gasteiger partial charge on any atom is 0.456 e. The van der Waals surface area contributed by atoms with Gasteiger partial charge in [0.05, 0.1) is 5.69 Å². The molecular weight excluding hydrogens is 214 g/mol. The number of rotatable bonds is 2. The maximum atomic E-state index is 12.7. The first-order chi connectivity index (χ1) is 6.27. The summed E-state index contributed by atoms with van der Waals surface area (Å²) >= 11 is 0. The van der Waals surface area contributed by atoms with E-state index in [-0.39, 0.29) is 0 Å². The second-order valence-corrected chi connectivity index (χ2v) is 2.50. The fourth-order valence-electron chi connectivity index (χ4n) is 0.747. The first-order valence-corrected chi connectivity index (χ1v) is 3.34. The molecule has 1 N–H and O–H groups in total. The lowest BCUT2D eigenvalue weighted by molar-refractivity contribution is -0.305. The predicted octanol–water partition coefficient (Wildman–Crippen LogP) is 2.62. The lowest BCUT2D eigenvalue weighted by atomic mass is 10.1. The Bertz CT molecular complexity index is 290. The smallest absolute Gasteiger partial charge is 0.279 e. The molecule has 1 unspecified atom stereocenters. The fourth-order valence-corrected chi connectivity index (χ4v) is 0.747. The van der Waals surface area contributed by atoms with Crippen molar-refractivity contribution in [1.82, 2.24) is 10.2 Å². The molecule has 0 aliphatic rings. The molecule has 0 radical (unpaired) electrons. The highest BCUT2D eigenvalue weighted by Crippen LogP contribution is 2.45. The zero-order chi connectivity index (χ0) is 11.0. The standard InChI is InChI=1S/C6H4F6N2/c7-4(3-1-2-13-14-3)5(8,9)6(10,11)12/h1-2,4H,(H,13,14). The Morgan fingerprint density at radius 2 is 1.79 bits per heavy atom. The fraction of sp³-hybridized carbons (Fsp3) is 0.500. The highest BCUT2D eigenvalue weighted by Gasteiger charge is 2.64.